The van der Waals surface area contributed by atoms with E-state index in [9.17, 15) is 0 Å². The van der Waals surface area contributed by atoms with Crippen molar-refractivity contribution in [1.82, 2.24) is 10.3 Å². The van der Waals surface area contributed by atoms with Crippen LogP contribution in [0.5, 0.6) is 0 Å². The maximum atomic E-state index is 5.76. The highest BCUT2D eigenvalue weighted by Gasteiger charge is 2.07. The van der Waals surface area contributed by atoms with Crippen LogP contribution >= 0.6 is 31.9 Å². The van der Waals surface area contributed by atoms with Crippen molar-refractivity contribution in [3.05, 3.63) is 39.2 Å². The molecule has 1 heterocycles. The van der Waals surface area contributed by atoms with E-state index in [1.54, 1.807) is 13.3 Å². The molecule has 4 nitrogen and oxygen atoms in total. The molecule has 1 aromatic carbocycles. The zero-order chi connectivity index (χ0) is 14.4. The predicted molar refractivity (Wildman–Crippen MR) is 85.8 cm³/mol. The van der Waals surface area contributed by atoms with Gasteiger partial charge in [-0.05, 0) is 18.2 Å². The van der Waals surface area contributed by atoms with Crippen molar-refractivity contribution in [1.29, 1.82) is 0 Å². The monoisotopic (exact) mass is 402 g/mol. The Kier molecular flexibility index (Phi) is 6.22. The Morgan fingerprint density at radius 3 is 2.65 bits per heavy atom. The Morgan fingerprint density at radius 2 is 1.95 bits per heavy atom. The lowest BCUT2D eigenvalue weighted by Crippen LogP contribution is -2.21. The molecule has 0 aliphatic heterocycles. The van der Waals surface area contributed by atoms with Crippen LogP contribution in [0.2, 0.25) is 0 Å². The molecule has 108 valence electrons. The molecular formula is C14H16Br2N2O2. The van der Waals surface area contributed by atoms with E-state index in [0.29, 0.717) is 6.61 Å². The van der Waals surface area contributed by atoms with Crippen LogP contribution in [-0.2, 0) is 11.2 Å². The third kappa shape index (κ3) is 4.70. The third-order valence-electron chi connectivity index (χ3n) is 2.70. The summed E-state index contributed by atoms with van der Waals surface area (Å²) in [6, 6.07) is 6.00. The van der Waals surface area contributed by atoms with Crippen LogP contribution in [-0.4, -0.2) is 31.8 Å². The van der Waals surface area contributed by atoms with E-state index in [1.807, 2.05) is 18.2 Å². The first kappa shape index (κ1) is 15.7. The van der Waals surface area contributed by atoms with Crippen LogP contribution in [0.4, 0.5) is 0 Å². The summed E-state index contributed by atoms with van der Waals surface area (Å²) in [5, 5.41) is 3.26. The number of nitrogens with one attached hydrogen (secondary N) is 1. The fourth-order valence-corrected chi connectivity index (χ4v) is 3.04. The molecule has 6 heteroatoms. The minimum atomic E-state index is 0.711. The van der Waals surface area contributed by atoms with Crippen molar-refractivity contribution < 1.29 is 9.15 Å². The summed E-state index contributed by atoms with van der Waals surface area (Å²) in [7, 11) is 1.69. The van der Waals surface area contributed by atoms with Gasteiger partial charge in [-0.2, -0.15) is 0 Å². The molecule has 0 aliphatic rings. The van der Waals surface area contributed by atoms with Crippen LogP contribution in [0.25, 0.3) is 11.3 Å². The van der Waals surface area contributed by atoms with Gasteiger partial charge in [0.15, 0.2) is 11.7 Å². The summed E-state index contributed by atoms with van der Waals surface area (Å²) in [4.78, 5) is 4.30. The molecular weight excluding hydrogens is 388 g/mol. The second-order valence-electron chi connectivity index (χ2n) is 4.27. The zero-order valence-electron chi connectivity index (χ0n) is 11.2. The number of rotatable bonds is 7. The maximum Gasteiger partial charge on any atom is 0.196 e. The SMILES string of the molecule is COCCNCCc1ncc(-c2cc(Br)cc(Br)c2)o1. The summed E-state index contributed by atoms with van der Waals surface area (Å²) in [6.45, 7) is 2.37. The number of benzene rings is 1. The van der Waals surface area contributed by atoms with Crippen LogP contribution < -0.4 is 5.32 Å². The topological polar surface area (TPSA) is 47.3 Å². The van der Waals surface area contributed by atoms with Crippen LogP contribution in [0.1, 0.15) is 5.89 Å². The van der Waals surface area contributed by atoms with Gasteiger partial charge in [0.1, 0.15) is 0 Å². The molecule has 2 rings (SSSR count). The fourth-order valence-electron chi connectivity index (χ4n) is 1.75. The number of hydrogen-bond acceptors (Lipinski definition) is 4. The summed E-state index contributed by atoms with van der Waals surface area (Å²) >= 11 is 6.94. The standard InChI is InChI=1S/C14H16Br2N2O2/c1-19-5-4-17-3-2-14-18-9-13(20-14)10-6-11(15)8-12(16)7-10/h6-9,17H,2-5H2,1H3. The van der Waals surface area contributed by atoms with Crippen molar-refractivity contribution in [3.8, 4) is 11.3 Å². The molecule has 0 spiro atoms. The predicted octanol–water partition coefficient (Wildman–Crippen LogP) is 3.65. The highest BCUT2D eigenvalue weighted by molar-refractivity contribution is 9.11. The summed E-state index contributed by atoms with van der Waals surface area (Å²) < 4.78 is 12.7. The molecule has 0 radical (unpaired) electrons. The molecule has 0 saturated carbocycles. The van der Waals surface area contributed by atoms with Crippen molar-refractivity contribution in [3.63, 3.8) is 0 Å². The number of oxazole rings is 1. The summed E-state index contributed by atoms with van der Waals surface area (Å²) in [5.41, 5.74) is 0.998. The van der Waals surface area contributed by atoms with E-state index in [1.165, 1.54) is 0 Å². The molecule has 20 heavy (non-hydrogen) atoms. The second-order valence-corrected chi connectivity index (χ2v) is 6.10. The molecule has 2 aromatic rings. The molecule has 0 saturated heterocycles. The van der Waals surface area contributed by atoms with Gasteiger partial charge in [-0.1, -0.05) is 31.9 Å². The fraction of sp³-hybridized carbons (Fsp3) is 0.357. The number of ether oxygens (including phenoxy) is 1. The third-order valence-corrected chi connectivity index (χ3v) is 3.61. The van der Waals surface area contributed by atoms with E-state index >= 15 is 0 Å². The molecule has 1 aromatic heterocycles. The van der Waals surface area contributed by atoms with Crippen molar-refractivity contribution in [2.75, 3.05) is 26.8 Å². The van der Waals surface area contributed by atoms with E-state index in [-0.39, 0.29) is 0 Å². The molecule has 0 atom stereocenters. The number of methoxy groups -OCH3 is 1. The lowest BCUT2D eigenvalue weighted by molar-refractivity contribution is 0.199. The van der Waals surface area contributed by atoms with Gasteiger partial charge < -0.3 is 14.5 Å². The molecule has 0 aliphatic carbocycles. The smallest absolute Gasteiger partial charge is 0.196 e. The van der Waals surface area contributed by atoms with Crippen molar-refractivity contribution >= 4 is 31.9 Å². The van der Waals surface area contributed by atoms with Gasteiger partial charge in [-0.15, -0.1) is 0 Å². The highest BCUT2D eigenvalue weighted by atomic mass is 79.9. The van der Waals surface area contributed by atoms with Crippen LogP contribution in [0.15, 0.2) is 37.8 Å². The largest absolute Gasteiger partial charge is 0.441 e. The van der Waals surface area contributed by atoms with Gasteiger partial charge in [-0.25, -0.2) is 4.98 Å². The van der Waals surface area contributed by atoms with Crippen molar-refractivity contribution in [2.24, 2.45) is 0 Å². The molecule has 0 unspecified atom stereocenters. The second kappa shape index (κ2) is 7.93. The average Bonchev–Trinajstić information content (AvgIpc) is 2.86. The molecule has 0 amide bonds. The van der Waals surface area contributed by atoms with Crippen LogP contribution in [0.3, 0.4) is 0 Å². The number of aromatic nitrogens is 1. The minimum Gasteiger partial charge on any atom is -0.441 e. The first-order valence-corrected chi connectivity index (χ1v) is 7.88. The Morgan fingerprint density at radius 1 is 1.20 bits per heavy atom. The van der Waals surface area contributed by atoms with E-state index < -0.39 is 0 Å². The van der Waals surface area contributed by atoms with Gasteiger partial charge in [0, 0.05) is 41.1 Å². The van der Waals surface area contributed by atoms with Gasteiger partial charge >= 0.3 is 0 Å². The van der Waals surface area contributed by atoms with Gasteiger partial charge in [0.05, 0.1) is 12.8 Å². The van der Waals surface area contributed by atoms with Crippen LogP contribution in [0, 0.1) is 0 Å². The lowest BCUT2D eigenvalue weighted by Gasteiger charge is -2.01. The quantitative estimate of drug-likeness (QED) is 0.717. The summed E-state index contributed by atoms with van der Waals surface area (Å²) in [6.07, 6.45) is 2.53. The van der Waals surface area contributed by atoms with E-state index in [2.05, 4.69) is 42.2 Å². The average molecular weight is 404 g/mol. The van der Waals surface area contributed by atoms with Crippen molar-refractivity contribution in [2.45, 2.75) is 6.42 Å². The highest BCUT2D eigenvalue weighted by Crippen LogP contribution is 2.28. The van der Waals surface area contributed by atoms with Gasteiger partial charge in [-0.3, -0.25) is 0 Å². The Labute approximate surface area is 135 Å². The number of hydrogen-bond donors (Lipinski definition) is 1. The Balaban J connectivity index is 1.94. The minimum absolute atomic E-state index is 0.711. The van der Waals surface area contributed by atoms with E-state index in [4.69, 9.17) is 9.15 Å². The maximum absolute atomic E-state index is 5.76. The molecule has 0 bridgehead atoms. The Bertz CT molecular complexity index is 538. The summed E-state index contributed by atoms with van der Waals surface area (Å²) in [5.74, 6) is 1.51. The van der Waals surface area contributed by atoms with E-state index in [0.717, 1.165) is 45.7 Å². The Hall–Kier alpha value is -0.690. The first-order valence-electron chi connectivity index (χ1n) is 6.30. The lowest BCUT2D eigenvalue weighted by atomic mass is 10.2. The normalized spacial score (nSPS) is 10.9. The van der Waals surface area contributed by atoms with Gasteiger partial charge in [0.2, 0.25) is 0 Å². The molecule has 1 N–H and O–H groups in total. The number of halogens is 2. The van der Waals surface area contributed by atoms with Gasteiger partial charge in [0.25, 0.3) is 0 Å². The molecule has 0 fully saturated rings. The zero-order valence-corrected chi connectivity index (χ0v) is 14.3. The first-order chi connectivity index (χ1) is 9.69. The number of nitrogens with zero attached hydrogens (tertiary/aromatic N) is 1.